The van der Waals surface area contributed by atoms with Crippen molar-refractivity contribution in [3.05, 3.63) is 6.92 Å². The highest BCUT2D eigenvalue weighted by molar-refractivity contribution is 4.80. The highest BCUT2D eigenvalue weighted by Gasteiger charge is 2.21. The van der Waals surface area contributed by atoms with Gasteiger partial charge in [-0.1, -0.05) is 33.1 Å². The molecule has 0 unspecified atom stereocenters. The minimum Gasteiger partial charge on any atom is -0.303 e. The van der Waals surface area contributed by atoms with E-state index in [0.717, 1.165) is 12.6 Å². The highest BCUT2D eigenvalue weighted by Crippen LogP contribution is 2.24. The maximum atomic E-state index is 4.16. The first kappa shape index (κ1) is 11.0. The lowest BCUT2D eigenvalue weighted by molar-refractivity contribution is 0.152. The minimum absolute atomic E-state index is 0.201. The van der Waals surface area contributed by atoms with Crippen molar-refractivity contribution < 1.29 is 0 Å². The Labute approximate surface area is 83.5 Å². The van der Waals surface area contributed by atoms with E-state index in [0.29, 0.717) is 0 Å². The van der Waals surface area contributed by atoms with Crippen molar-refractivity contribution in [3.8, 4) is 0 Å². The molecule has 1 rings (SSSR count). The SMILES string of the molecule is [CH2]C(C)(C)CN(C)C1CCCCC1. The Morgan fingerprint density at radius 1 is 1.23 bits per heavy atom. The van der Waals surface area contributed by atoms with E-state index in [9.17, 15) is 0 Å². The lowest BCUT2D eigenvalue weighted by Gasteiger charge is -2.35. The molecule has 0 bridgehead atoms. The summed E-state index contributed by atoms with van der Waals surface area (Å²) < 4.78 is 0. The Morgan fingerprint density at radius 3 is 2.23 bits per heavy atom. The van der Waals surface area contributed by atoms with Gasteiger partial charge in [-0.3, -0.25) is 0 Å². The molecule has 13 heavy (non-hydrogen) atoms. The molecule has 0 aromatic rings. The van der Waals surface area contributed by atoms with Crippen LogP contribution in [0.1, 0.15) is 46.0 Å². The number of hydrogen-bond donors (Lipinski definition) is 0. The van der Waals surface area contributed by atoms with Crippen molar-refractivity contribution in [3.63, 3.8) is 0 Å². The van der Waals surface area contributed by atoms with Gasteiger partial charge in [-0.05, 0) is 32.2 Å². The van der Waals surface area contributed by atoms with Gasteiger partial charge in [-0.2, -0.15) is 0 Å². The fraction of sp³-hybridized carbons (Fsp3) is 0.917. The predicted octanol–water partition coefficient (Wildman–Crippen LogP) is 3.11. The van der Waals surface area contributed by atoms with Crippen molar-refractivity contribution >= 4 is 0 Å². The molecule has 0 saturated heterocycles. The second-order valence-corrected chi connectivity index (χ2v) is 5.37. The average Bonchev–Trinajstić information content (AvgIpc) is 2.03. The van der Waals surface area contributed by atoms with Gasteiger partial charge in [0.2, 0.25) is 0 Å². The summed E-state index contributed by atoms with van der Waals surface area (Å²) in [5.74, 6) is 0. The molecule has 1 radical (unpaired) electrons. The molecule has 77 valence electrons. The molecular weight excluding hydrogens is 158 g/mol. The van der Waals surface area contributed by atoms with E-state index in [1.807, 2.05) is 0 Å². The van der Waals surface area contributed by atoms with E-state index in [4.69, 9.17) is 0 Å². The second-order valence-electron chi connectivity index (χ2n) is 5.37. The fourth-order valence-corrected chi connectivity index (χ4v) is 2.33. The van der Waals surface area contributed by atoms with Crippen molar-refractivity contribution in [2.45, 2.75) is 52.0 Å². The Bertz CT molecular complexity index is 140. The van der Waals surface area contributed by atoms with E-state index in [1.165, 1.54) is 32.1 Å². The van der Waals surface area contributed by atoms with E-state index in [1.54, 1.807) is 0 Å². The molecule has 0 spiro atoms. The van der Waals surface area contributed by atoms with Crippen LogP contribution in [0.25, 0.3) is 0 Å². The Kier molecular flexibility index (Phi) is 3.78. The molecule has 1 aliphatic carbocycles. The van der Waals surface area contributed by atoms with Gasteiger partial charge < -0.3 is 4.90 Å². The summed E-state index contributed by atoms with van der Waals surface area (Å²) in [4.78, 5) is 2.51. The molecule has 0 amide bonds. The Balaban J connectivity index is 2.33. The van der Waals surface area contributed by atoms with Gasteiger partial charge in [0.1, 0.15) is 0 Å². The second kappa shape index (κ2) is 4.45. The van der Waals surface area contributed by atoms with Crippen LogP contribution in [0.4, 0.5) is 0 Å². The molecule has 0 N–H and O–H groups in total. The van der Waals surface area contributed by atoms with Gasteiger partial charge in [0.05, 0.1) is 0 Å². The summed E-state index contributed by atoms with van der Waals surface area (Å²) in [6.45, 7) is 9.72. The summed E-state index contributed by atoms with van der Waals surface area (Å²) in [7, 11) is 2.25. The van der Waals surface area contributed by atoms with Crippen LogP contribution in [0.3, 0.4) is 0 Å². The zero-order valence-corrected chi connectivity index (χ0v) is 9.47. The van der Waals surface area contributed by atoms with Gasteiger partial charge >= 0.3 is 0 Å². The predicted molar refractivity (Wildman–Crippen MR) is 58.6 cm³/mol. The third-order valence-electron chi connectivity index (χ3n) is 2.88. The molecule has 0 atom stereocenters. The Hall–Kier alpha value is -0.0400. The molecule has 1 nitrogen and oxygen atoms in total. The Morgan fingerprint density at radius 2 is 1.77 bits per heavy atom. The first-order valence-corrected chi connectivity index (χ1v) is 5.55. The molecule has 0 aromatic heterocycles. The van der Waals surface area contributed by atoms with Crippen LogP contribution >= 0.6 is 0 Å². The molecule has 1 fully saturated rings. The molecular formula is C12H24N. The molecule has 1 heteroatoms. The summed E-state index contributed by atoms with van der Waals surface area (Å²) in [6.07, 6.45) is 7.08. The number of rotatable bonds is 3. The van der Waals surface area contributed by atoms with Gasteiger partial charge in [0.25, 0.3) is 0 Å². The van der Waals surface area contributed by atoms with Crippen molar-refractivity contribution in [1.82, 2.24) is 4.90 Å². The number of hydrogen-bond acceptors (Lipinski definition) is 1. The van der Waals surface area contributed by atoms with Crippen LogP contribution in [0, 0.1) is 12.3 Å². The monoisotopic (exact) mass is 182 g/mol. The van der Waals surface area contributed by atoms with Gasteiger partial charge in [0, 0.05) is 12.6 Å². The zero-order chi connectivity index (χ0) is 9.90. The lowest BCUT2D eigenvalue weighted by Crippen LogP contribution is -2.38. The molecule has 0 aliphatic heterocycles. The van der Waals surface area contributed by atoms with Crippen LogP contribution < -0.4 is 0 Å². The standard InChI is InChI=1S/C12H24N/c1-12(2,3)10-13(4)11-8-6-5-7-9-11/h11H,1,5-10H2,2-4H3. The van der Waals surface area contributed by atoms with Crippen LogP contribution in [-0.4, -0.2) is 24.5 Å². The van der Waals surface area contributed by atoms with Crippen molar-refractivity contribution in [2.24, 2.45) is 5.41 Å². The average molecular weight is 182 g/mol. The third-order valence-corrected chi connectivity index (χ3v) is 2.88. The van der Waals surface area contributed by atoms with Gasteiger partial charge in [0.15, 0.2) is 0 Å². The van der Waals surface area contributed by atoms with Crippen LogP contribution in [0.5, 0.6) is 0 Å². The van der Waals surface area contributed by atoms with Crippen LogP contribution in [0.2, 0.25) is 0 Å². The molecule has 0 heterocycles. The van der Waals surface area contributed by atoms with E-state index < -0.39 is 0 Å². The first-order chi connectivity index (χ1) is 5.99. The zero-order valence-electron chi connectivity index (χ0n) is 9.47. The fourth-order valence-electron chi connectivity index (χ4n) is 2.33. The quantitative estimate of drug-likeness (QED) is 0.648. The summed E-state index contributed by atoms with van der Waals surface area (Å²) >= 11 is 0. The number of nitrogens with zero attached hydrogens (tertiary/aromatic N) is 1. The third kappa shape index (κ3) is 4.12. The smallest absolute Gasteiger partial charge is 0.00924 e. The molecule has 1 saturated carbocycles. The van der Waals surface area contributed by atoms with Gasteiger partial charge in [-0.25, -0.2) is 0 Å². The first-order valence-electron chi connectivity index (χ1n) is 5.55. The normalized spacial score (nSPS) is 21.0. The summed E-state index contributed by atoms with van der Waals surface area (Å²) in [6, 6.07) is 0.828. The van der Waals surface area contributed by atoms with Crippen molar-refractivity contribution in [1.29, 1.82) is 0 Å². The van der Waals surface area contributed by atoms with Crippen LogP contribution in [0.15, 0.2) is 0 Å². The van der Waals surface area contributed by atoms with E-state index in [2.05, 4.69) is 32.7 Å². The van der Waals surface area contributed by atoms with E-state index in [-0.39, 0.29) is 5.41 Å². The highest BCUT2D eigenvalue weighted by atomic mass is 15.1. The van der Waals surface area contributed by atoms with Gasteiger partial charge in [-0.15, -0.1) is 0 Å². The molecule has 1 aliphatic rings. The van der Waals surface area contributed by atoms with Crippen LogP contribution in [-0.2, 0) is 0 Å². The largest absolute Gasteiger partial charge is 0.303 e. The lowest BCUT2D eigenvalue weighted by atomic mass is 9.91. The minimum atomic E-state index is 0.201. The molecule has 0 aromatic carbocycles. The summed E-state index contributed by atoms with van der Waals surface area (Å²) in [5, 5.41) is 0. The summed E-state index contributed by atoms with van der Waals surface area (Å²) in [5.41, 5.74) is 0.201. The maximum absolute atomic E-state index is 4.16. The van der Waals surface area contributed by atoms with E-state index >= 15 is 0 Å². The topological polar surface area (TPSA) is 3.24 Å². The van der Waals surface area contributed by atoms with Crippen molar-refractivity contribution in [2.75, 3.05) is 13.6 Å². The maximum Gasteiger partial charge on any atom is 0.00924 e.